The Morgan fingerprint density at radius 1 is 1.50 bits per heavy atom. The number of amides is 1. The minimum atomic E-state index is 0.0815. The van der Waals surface area contributed by atoms with E-state index >= 15 is 0 Å². The predicted octanol–water partition coefficient (Wildman–Crippen LogP) is 2.30. The Kier molecular flexibility index (Phi) is 5.01. The van der Waals surface area contributed by atoms with E-state index < -0.39 is 0 Å². The van der Waals surface area contributed by atoms with Crippen molar-refractivity contribution in [3.8, 4) is 5.75 Å². The zero-order valence-corrected chi connectivity index (χ0v) is 12.4. The topological polar surface area (TPSA) is 52.6 Å². The maximum absolute atomic E-state index is 12.8. The van der Waals surface area contributed by atoms with Crippen molar-refractivity contribution < 1.29 is 9.90 Å². The molecule has 0 bridgehead atoms. The normalized spacial score (nSPS) is 18.8. The van der Waals surface area contributed by atoms with E-state index in [0.29, 0.717) is 5.56 Å². The van der Waals surface area contributed by atoms with Crippen LogP contribution in [0.25, 0.3) is 0 Å². The van der Waals surface area contributed by atoms with Gasteiger partial charge in [-0.05, 0) is 56.5 Å². The standard InChI is InChI=1S/C16H24N2O2/c1-3-9-18(13-5-4-8-17-11-13)16(20)15-7-6-14(19)10-12(15)2/h6-7,10,13,17,19H,3-5,8-9,11H2,1-2H3. The Balaban J connectivity index is 2.21. The second-order valence-corrected chi connectivity index (χ2v) is 5.50. The zero-order valence-electron chi connectivity index (χ0n) is 12.4. The lowest BCUT2D eigenvalue weighted by molar-refractivity contribution is 0.0648. The van der Waals surface area contributed by atoms with E-state index in [-0.39, 0.29) is 17.7 Å². The molecule has 1 heterocycles. The lowest BCUT2D eigenvalue weighted by atomic mass is 10.0. The summed E-state index contributed by atoms with van der Waals surface area (Å²) in [6.07, 6.45) is 3.14. The number of hydrogen-bond acceptors (Lipinski definition) is 3. The number of phenols is 1. The molecule has 4 nitrogen and oxygen atoms in total. The molecular formula is C16H24N2O2. The van der Waals surface area contributed by atoms with Gasteiger partial charge in [0.1, 0.15) is 5.75 Å². The number of carbonyl (C=O) groups excluding carboxylic acids is 1. The highest BCUT2D eigenvalue weighted by atomic mass is 16.3. The van der Waals surface area contributed by atoms with Crippen molar-refractivity contribution in [2.45, 2.75) is 39.2 Å². The summed E-state index contributed by atoms with van der Waals surface area (Å²) in [5.74, 6) is 0.290. The molecule has 0 aliphatic carbocycles. The van der Waals surface area contributed by atoms with Crippen molar-refractivity contribution in [2.24, 2.45) is 0 Å². The van der Waals surface area contributed by atoms with Crippen LogP contribution in [0, 0.1) is 6.92 Å². The monoisotopic (exact) mass is 276 g/mol. The number of aryl methyl sites for hydroxylation is 1. The molecule has 1 amide bonds. The lowest BCUT2D eigenvalue weighted by Crippen LogP contribution is -2.49. The van der Waals surface area contributed by atoms with Crippen LogP contribution < -0.4 is 5.32 Å². The fourth-order valence-corrected chi connectivity index (χ4v) is 2.83. The minimum absolute atomic E-state index is 0.0815. The molecular weight excluding hydrogens is 252 g/mol. The average Bonchev–Trinajstić information content (AvgIpc) is 2.45. The van der Waals surface area contributed by atoms with Crippen LogP contribution in [0.15, 0.2) is 18.2 Å². The van der Waals surface area contributed by atoms with Crippen molar-refractivity contribution in [2.75, 3.05) is 19.6 Å². The van der Waals surface area contributed by atoms with Crippen molar-refractivity contribution in [3.05, 3.63) is 29.3 Å². The fraction of sp³-hybridized carbons (Fsp3) is 0.562. The van der Waals surface area contributed by atoms with Gasteiger partial charge < -0.3 is 15.3 Å². The van der Waals surface area contributed by atoms with E-state index in [1.165, 1.54) is 0 Å². The first-order valence-corrected chi connectivity index (χ1v) is 7.44. The fourth-order valence-electron chi connectivity index (χ4n) is 2.83. The highest BCUT2D eigenvalue weighted by Crippen LogP contribution is 2.20. The summed E-state index contributed by atoms with van der Waals surface area (Å²) in [6, 6.07) is 5.25. The number of nitrogens with zero attached hydrogens (tertiary/aromatic N) is 1. The Bertz CT molecular complexity index is 468. The smallest absolute Gasteiger partial charge is 0.254 e. The summed E-state index contributed by atoms with van der Waals surface area (Å²) in [6.45, 7) is 6.67. The van der Waals surface area contributed by atoms with E-state index in [0.717, 1.165) is 44.5 Å². The van der Waals surface area contributed by atoms with Gasteiger partial charge in [0.2, 0.25) is 0 Å². The Labute approximate surface area is 120 Å². The number of aromatic hydroxyl groups is 1. The molecule has 1 aliphatic rings. The summed E-state index contributed by atoms with van der Waals surface area (Å²) in [5, 5.41) is 12.8. The van der Waals surface area contributed by atoms with E-state index in [4.69, 9.17) is 0 Å². The number of rotatable bonds is 4. The van der Waals surface area contributed by atoms with Gasteiger partial charge in [-0.2, -0.15) is 0 Å². The largest absolute Gasteiger partial charge is 0.508 e. The van der Waals surface area contributed by atoms with Gasteiger partial charge in [0, 0.05) is 24.7 Å². The SMILES string of the molecule is CCCN(C(=O)c1ccc(O)cc1C)C1CCCNC1. The van der Waals surface area contributed by atoms with Gasteiger partial charge in [0.15, 0.2) is 0 Å². The second-order valence-electron chi connectivity index (χ2n) is 5.50. The first-order chi connectivity index (χ1) is 9.63. The molecule has 1 aliphatic heterocycles. The Morgan fingerprint density at radius 2 is 2.30 bits per heavy atom. The van der Waals surface area contributed by atoms with Crippen LogP contribution >= 0.6 is 0 Å². The molecule has 110 valence electrons. The number of carbonyl (C=O) groups is 1. The molecule has 2 rings (SSSR count). The van der Waals surface area contributed by atoms with Crippen LogP contribution in [0.1, 0.15) is 42.1 Å². The maximum atomic E-state index is 12.8. The van der Waals surface area contributed by atoms with Gasteiger partial charge in [0.05, 0.1) is 0 Å². The molecule has 1 fully saturated rings. The predicted molar refractivity (Wildman–Crippen MR) is 80.1 cm³/mol. The molecule has 1 unspecified atom stereocenters. The van der Waals surface area contributed by atoms with Gasteiger partial charge in [-0.1, -0.05) is 6.92 Å². The van der Waals surface area contributed by atoms with Crippen LogP contribution in [-0.4, -0.2) is 41.6 Å². The van der Waals surface area contributed by atoms with Gasteiger partial charge in [-0.3, -0.25) is 4.79 Å². The first-order valence-electron chi connectivity index (χ1n) is 7.44. The van der Waals surface area contributed by atoms with Crippen molar-refractivity contribution in [1.29, 1.82) is 0 Å². The Hall–Kier alpha value is -1.55. The molecule has 1 atom stereocenters. The summed E-state index contributed by atoms with van der Waals surface area (Å²) in [5.41, 5.74) is 1.53. The second kappa shape index (κ2) is 6.75. The van der Waals surface area contributed by atoms with Crippen molar-refractivity contribution in [3.63, 3.8) is 0 Å². The molecule has 2 N–H and O–H groups in total. The quantitative estimate of drug-likeness (QED) is 0.887. The molecule has 0 aromatic heterocycles. The van der Waals surface area contributed by atoms with E-state index in [1.807, 2.05) is 11.8 Å². The first kappa shape index (κ1) is 14.9. The molecule has 0 spiro atoms. The van der Waals surface area contributed by atoms with Gasteiger partial charge >= 0.3 is 0 Å². The molecule has 1 aromatic carbocycles. The third-order valence-electron chi connectivity index (χ3n) is 3.88. The molecule has 0 radical (unpaired) electrons. The highest BCUT2D eigenvalue weighted by molar-refractivity contribution is 5.96. The molecule has 1 aromatic rings. The molecule has 20 heavy (non-hydrogen) atoms. The van der Waals surface area contributed by atoms with Crippen LogP contribution in [0.5, 0.6) is 5.75 Å². The number of benzene rings is 1. The van der Waals surface area contributed by atoms with E-state index in [2.05, 4.69) is 12.2 Å². The zero-order chi connectivity index (χ0) is 14.5. The third-order valence-corrected chi connectivity index (χ3v) is 3.88. The number of piperidine rings is 1. The number of nitrogens with one attached hydrogen (secondary N) is 1. The third kappa shape index (κ3) is 3.31. The summed E-state index contributed by atoms with van der Waals surface area (Å²) in [4.78, 5) is 14.8. The molecule has 1 saturated heterocycles. The van der Waals surface area contributed by atoms with Gasteiger partial charge in [-0.25, -0.2) is 0 Å². The minimum Gasteiger partial charge on any atom is -0.508 e. The van der Waals surface area contributed by atoms with E-state index in [1.54, 1.807) is 18.2 Å². The summed E-state index contributed by atoms with van der Waals surface area (Å²) >= 11 is 0. The summed E-state index contributed by atoms with van der Waals surface area (Å²) in [7, 11) is 0. The van der Waals surface area contributed by atoms with Crippen LogP contribution in [-0.2, 0) is 0 Å². The highest BCUT2D eigenvalue weighted by Gasteiger charge is 2.26. The lowest BCUT2D eigenvalue weighted by Gasteiger charge is -2.35. The van der Waals surface area contributed by atoms with E-state index in [9.17, 15) is 9.90 Å². The molecule has 4 heteroatoms. The van der Waals surface area contributed by atoms with Crippen LogP contribution in [0.2, 0.25) is 0 Å². The van der Waals surface area contributed by atoms with Crippen LogP contribution in [0.3, 0.4) is 0 Å². The summed E-state index contributed by atoms with van der Waals surface area (Å²) < 4.78 is 0. The van der Waals surface area contributed by atoms with Crippen LogP contribution in [0.4, 0.5) is 0 Å². The number of hydrogen-bond donors (Lipinski definition) is 2. The Morgan fingerprint density at radius 3 is 2.90 bits per heavy atom. The van der Waals surface area contributed by atoms with Crippen molar-refractivity contribution >= 4 is 5.91 Å². The van der Waals surface area contributed by atoms with Gasteiger partial charge in [0.25, 0.3) is 5.91 Å². The maximum Gasteiger partial charge on any atom is 0.254 e. The number of phenolic OH excluding ortho intramolecular Hbond substituents is 1. The molecule has 0 saturated carbocycles. The van der Waals surface area contributed by atoms with Crippen molar-refractivity contribution in [1.82, 2.24) is 10.2 Å². The average molecular weight is 276 g/mol. The van der Waals surface area contributed by atoms with Gasteiger partial charge in [-0.15, -0.1) is 0 Å².